The largest absolute Gasteiger partial charge is 0.493 e. The van der Waals surface area contributed by atoms with Gasteiger partial charge in [-0.25, -0.2) is 0 Å². The highest BCUT2D eigenvalue weighted by molar-refractivity contribution is 9.10. The summed E-state index contributed by atoms with van der Waals surface area (Å²) in [6.07, 6.45) is 1.80. The predicted molar refractivity (Wildman–Crippen MR) is 86.5 cm³/mol. The minimum Gasteiger partial charge on any atom is -0.493 e. The van der Waals surface area contributed by atoms with Gasteiger partial charge < -0.3 is 10.5 Å². The number of rotatable bonds is 3. The van der Waals surface area contributed by atoms with E-state index in [1.165, 1.54) is 11.3 Å². The molecule has 0 amide bonds. The van der Waals surface area contributed by atoms with Gasteiger partial charge in [0, 0.05) is 25.4 Å². The van der Waals surface area contributed by atoms with Crippen LogP contribution in [0.2, 0.25) is 0 Å². The summed E-state index contributed by atoms with van der Waals surface area (Å²) in [6, 6.07) is 8.22. The Morgan fingerprint density at radius 2 is 2.19 bits per heavy atom. The molecule has 1 atom stereocenters. The Morgan fingerprint density at radius 3 is 2.86 bits per heavy atom. The van der Waals surface area contributed by atoms with Gasteiger partial charge in [-0.2, -0.15) is 5.10 Å². The van der Waals surface area contributed by atoms with E-state index in [-0.39, 0.29) is 5.41 Å². The summed E-state index contributed by atoms with van der Waals surface area (Å²) in [5.41, 5.74) is 9.49. The number of aryl methyl sites for hydroxylation is 2. The Hall–Kier alpha value is -1.33. The molecule has 4 nitrogen and oxygen atoms in total. The average molecular weight is 350 g/mol. The summed E-state index contributed by atoms with van der Waals surface area (Å²) in [5, 5.41) is 4.47. The first-order chi connectivity index (χ1) is 10.0. The highest BCUT2D eigenvalue weighted by Gasteiger charge is 2.36. The van der Waals surface area contributed by atoms with Crippen LogP contribution in [0.5, 0.6) is 5.75 Å². The fourth-order valence-electron chi connectivity index (χ4n) is 3.02. The smallest absolute Gasteiger partial charge is 0.122 e. The van der Waals surface area contributed by atoms with Gasteiger partial charge in [-0.15, -0.1) is 0 Å². The van der Waals surface area contributed by atoms with E-state index in [9.17, 15) is 0 Å². The van der Waals surface area contributed by atoms with Crippen LogP contribution in [0.3, 0.4) is 0 Å². The topological polar surface area (TPSA) is 53.1 Å². The maximum absolute atomic E-state index is 6.13. The number of fused-ring (bicyclic) bond motifs is 1. The standard InChI is InChI=1S/C16H20BrN3O/c1-11-15(17)13(20(2)19-11)8-16(9-18)7-12-5-3-4-6-14(12)21-10-16/h3-6H,7-10,18H2,1-2H3. The number of para-hydroxylation sites is 1. The molecule has 2 heterocycles. The first-order valence-corrected chi connectivity index (χ1v) is 7.93. The summed E-state index contributed by atoms with van der Waals surface area (Å²) in [7, 11) is 1.98. The lowest BCUT2D eigenvalue weighted by Gasteiger charge is -2.37. The molecule has 0 aliphatic carbocycles. The molecule has 2 aromatic rings. The minimum atomic E-state index is -0.0723. The van der Waals surface area contributed by atoms with Crippen LogP contribution in [-0.4, -0.2) is 22.9 Å². The van der Waals surface area contributed by atoms with E-state index < -0.39 is 0 Å². The molecule has 0 bridgehead atoms. The van der Waals surface area contributed by atoms with Gasteiger partial charge in [-0.1, -0.05) is 18.2 Å². The van der Waals surface area contributed by atoms with E-state index in [1.54, 1.807) is 0 Å². The third-order valence-electron chi connectivity index (χ3n) is 4.31. The van der Waals surface area contributed by atoms with Crippen LogP contribution in [0.4, 0.5) is 0 Å². The Balaban J connectivity index is 1.92. The Kier molecular flexibility index (Phi) is 3.80. The molecule has 0 saturated heterocycles. The molecule has 1 aromatic heterocycles. The molecular weight excluding hydrogens is 330 g/mol. The van der Waals surface area contributed by atoms with Crippen molar-refractivity contribution < 1.29 is 4.74 Å². The van der Waals surface area contributed by atoms with E-state index in [2.05, 4.69) is 33.2 Å². The Bertz CT molecular complexity index is 668. The summed E-state index contributed by atoms with van der Waals surface area (Å²) in [5.74, 6) is 0.988. The highest BCUT2D eigenvalue weighted by Crippen LogP contribution is 2.37. The SMILES string of the molecule is Cc1nn(C)c(CC2(CN)COc3ccccc3C2)c1Br. The lowest BCUT2D eigenvalue weighted by atomic mass is 9.76. The van der Waals surface area contributed by atoms with E-state index >= 15 is 0 Å². The third kappa shape index (κ3) is 2.60. The first kappa shape index (κ1) is 14.6. The van der Waals surface area contributed by atoms with E-state index in [0.717, 1.165) is 28.8 Å². The molecule has 1 unspecified atom stereocenters. The molecule has 3 rings (SSSR count). The van der Waals surface area contributed by atoms with Crippen LogP contribution in [0.15, 0.2) is 28.7 Å². The molecule has 0 saturated carbocycles. The normalized spacial score (nSPS) is 21.0. The van der Waals surface area contributed by atoms with Crippen molar-refractivity contribution in [3.8, 4) is 5.75 Å². The van der Waals surface area contributed by atoms with Crippen LogP contribution in [0.25, 0.3) is 0 Å². The van der Waals surface area contributed by atoms with Crippen LogP contribution >= 0.6 is 15.9 Å². The molecule has 2 N–H and O–H groups in total. The maximum atomic E-state index is 6.13. The monoisotopic (exact) mass is 349 g/mol. The lowest BCUT2D eigenvalue weighted by Crippen LogP contribution is -2.43. The van der Waals surface area contributed by atoms with Crippen LogP contribution in [0, 0.1) is 12.3 Å². The molecule has 0 fully saturated rings. The highest BCUT2D eigenvalue weighted by atomic mass is 79.9. The predicted octanol–water partition coefficient (Wildman–Crippen LogP) is 2.61. The van der Waals surface area contributed by atoms with Crippen molar-refractivity contribution in [3.05, 3.63) is 45.7 Å². The van der Waals surface area contributed by atoms with Crippen molar-refractivity contribution in [2.75, 3.05) is 13.2 Å². The van der Waals surface area contributed by atoms with Crippen molar-refractivity contribution in [1.29, 1.82) is 0 Å². The summed E-state index contributed by atoms with van der Waals surface area (Å²) in [4.78, 5) is 0. The van der Waals surface area contributed by atoms with E-state index in [4.69, 9.17) is 10.5 Å². The number of aromatic nitrogens is 2. The van der Waals surface area contributed by atoms with Gasteiger partial charge in [-0.3, -0.25) is 4.68 Å². The number of hydrogen-bond donors (Lipinski definition) is 1. The lowest BCUT2D eigenvalue weighted by molar-refractivity contribution is 0.124. The molecule has 1 aromatic carbocycles. The van der Waals surface area contributed by atoms with Gasteiger partial charge in [0.1, 0.15) is 5.75 Å². The number of nitrogens with two attached hydrogens (primary N) is 1. The third-order valence-corrected chi connectivity index (χ3v) is 5.34. The van der Waals surface area contributed by atoms with E-state index in [0.29, 0.717) is 13.2 Å². The summed E-state index contributed by atoms with van der Waals surface area (Å²) in [6.45, 7) is 3.25. The molecule has 1 aliphatic heterocycles. The first-order valence-electron chi connectivity index (χ1n) is 7.13. The molecule has 5 heteroatoms. The molecular formula is C16H20BrN3O. The number of hydrogen-bond acceptors (Lipinski definition) is 3. The van der Waals surface area contributed by atoms with Crippen molar-refractivity contribution in [1.82, 2.24) is 9.78 Å². The van der Waals surface area contributed by atoms with Gasteiger partial charge in [-0.05, 0) is 40.9 Å². The fraction of sp³-hybridized carbons (Fsp3) is 0.438. The molecule has 21 heavy (non-hydrogen) atoms. The van der Waals surface area contributed by atoms with Gasteiger partial charge in [0.25, 0.3) is 0 Å². The zero-order valence-corrected chi connectivity index (χ0v) is 14.0. The second-order valence-electron chi connectivity index (χ2n) is 5.92. The van der Waals surface area contributed by atoms with Crippen molar-refractivity contribution >= 4 is 15.9 Å². The van der Waals surface area contributed by atoms with Crippen molar-refractivity contribution in [3.63, 3.8) is 0 Å². The van der Waals surface area contributed by atoms with Gasteiger partial charge in [0.2, 0.25) is 0 Å². The van der Waals surface area contributed by atoms with E-state index in [1.807, 2.05) is 30.8 Å². The Labute approximate surface area is 133 Å². The molecule has 0 spiro atoms. The second kappa shape index (κ2) is 5.46. The molecule has 0 radical (unpaired) electrons. The average Bonchev–Trinajstić information content (AvgIpc) is 2.73. The zero-order chi connectivity index (χ0) is 15.0. The van der Waals surface area contributed by atoms with Crippen LogP contribution < -0.4 is 10.5 Å². The quantitative estimate of drug-likeness (QED) is 0.926. The number of nitrogens with zero attached hydrogens (tertiary/aromatic N) is 2. The van der Waals surface area contributed by atoms with Gasteiger partial charge in [0.05, 0.1) is 22.5 Å². The van der Waals surface area contributed by atoms with Gasteiger partial charge >= 0.3 is 0 Å². The maximum Gasteiger partial charge on any atom is 0.122 e. The Morgan fingerprint density at radius 1 is 1.43 bits per heavy atom. The van der Waals surface area contributed by atoms with Crippen LogP contribution in [-0.2, 0) is 19.9 Å². The summed E-state index contributed by atoms with van der Waals surface area (Å²) < 4.78 is 8.99. The van der Waals surface area contributed by atoms with Crippen molar-refractivity contribution in [2.45, 2.75) is 19.8 Å². The second-order valence-corrected chi connectivity index (χ2v) is 6.72. The number of ether oxygens (including phenoxy) is 1. The van der Waals surface area contributed by atoms with Gasteiger partial charge in [0.15, 0.2) is 0 Å². The number of halogens is 1. The molecule has 112 valence electrons. The zero-order valence-electron chi connectivity index (χ0n) is 12.4. The van der Waals surface area contributed by atoms with Crippen molar-refractivity contribution in [2.24, 2.45) is 18.2 Å². The summed E-state index contributed by atoms with van der Waals surface area (Å²) >= 11 is 3.65. The molecule has 1 aliphatic rings. The fourth-order valence-corrected chi connectivity index (χ4v) is 3.50. The number of benzene rings is 1. The van der Waals surface area contributed by atoms with Crippen LogP contribution in [0.1, 0.15) is 17.0 Å². The minimum absolute atomic E-state index is 0.0723.